The highest BCUT2D eigenvalue weighted by molar-refractivity contribution is 5.85. The third-order valence-electron chi connectivity index (χ3n) is 5.60. The average molecular weight is 356 g/mol. The van der Waals surface area contributed by atoms with Crippen molar-refractivity contribution in [1.82, 2.24) is 20.1 Å². The van der Waals surface area contributed by atoms with Gasteiger partial charge in [-0.05, 0) is 49.3 Å². The van der Waals surface area contributed by atoms with Crippen molar-refractivity contribution in [2.45, 2.75) is 44.4 Å². The van der Waals surface area contributed by atoms with Crippen LogP contribution in [0.4, 0.5) is 0 Å². The summed E-state index contributed by atoms with van der Waals surface area (Å²) in [5, 5.41) is 17.2. The van der Waals surface area contributed by atoms with Gasteiger partial charge in [0.2, 0.25) is 5.91 Å². The summed E-state index contributed by atoms with van der Waals surface area (Å²) in [4.78, 5) is 17.3. The van der Waals surface area contributed by atoms with Gasteiger partial charge in [-0.15, -0.1) is 0 Å². The van der Waals surface area contributed by atoms with E-state index in [0.29, 0.717) is 25.1 Å². The lowest BCUT2D eigenvalue weighted by Gasteiger charge is -2.38. The molecule has 0 aliphatic heterocycles. The van der Waals surface area contributed by atoms with Crippen LogP contribution in [-0.2, 0) is 11.3 Å². The molecule has 0 aromatic carbocycles. The summed E-state index contributed by atoms with van der Waals surface area (Å²) < 4.78 is 7.10. The quantitative estimate of drug-likeness (QED) is 0.788. The summed E-state index contributed by atoms with van der Waals surface area (Å²) in [7, 11) is 1.60. The maximum absolute atomic E-state index is 13.1. The molecule has 2 saturated carbocycles. The molecule has 26 heavy (non-hydrogen) atoms. The van der Waals surface area contributed by atoms with Crippen molar-refractivity contribution in [3.8, 4) is 5.75 Å². The summed E-state index contributed by atoms with van der Waals surface area (Å²) in [5.41, 5.74) is 0.545. The summed E-state index contributed by atoms with van der Waals surface area (Å²) in [6.45, 7) is 0.599. The van der Waals surface area contributed by atoms with Gasteiger partial charge < -0.3 is 15.2 Å². The van der Waals surface area contributed by atoms with Crippen molar-refractivity contribution in [3.63, 3.8) is 0 Å². The fourth-order valence-electron chi connectivity index (χ4n) is 3.70. The summed E-state index contributed by atoms with van der Waals surface area (Å²) in [6.07, 6.45) is 9.88. The van der Waals surface area contributed by atoms with Crippen LogP contribution in [-0.4, -0.2) is 39.0 Å². The number of ether oxygens (including phenoxy) is 1. The minimum absolute atomic E-state index is 0.0576. The fourth-order valence-corrected chi connectivity index (χ4v) is 3.70. The van der Waals surface area contributed by atoms with Crippen LogP contribution in [0, 0.1) is 11.3 Å². The highest BCUT2D eigenvalue weighted by atomic mass is 16.5. The molecule has 0 radical (unpaired) electrons. The number of amides is 1. The van der Waals surface area contributed by atoms with Gasteiger partial charge in [0, 0.05) is 18.6 Å². The van der Waals surface area contributed by atoms with E-state index in [1.807, 2.05) is 23.0 Å². The molecule has 0 unspecified atom stereocenters. The van der Waals surface area contributed by atoms with Gasteiger partial charge in [0.25, 0.3) is 0 Å². The molecule has 7 heteroatoms. The van der Waals surface area contributed by atoms with E-state index in [1.165, 1.54) is 0 Å². The molecular formula is C19H24N4O3. The average Bonchev–Trinajstić information content (AvgIpc) is 3.23. The number of methoxy groups -OCH3 is 1. The molecule has 2 aromatic rings. The van der Waals surface area contributed by atoms with E-state index in [-0.39, 0.29) is 29.4 Å². The van der Waals surface area contributed by atoms with Crippen molar-refractivity contribution < 1.29 is 14.6 Å². The third-order valence-corrected chi connectivity index (χ3v) is 5.60. The molecular weight excluding hydrogens is 332 g/mol. The second kappa shape index (κ2) is 6.72. The van der Waals surface area contributed by atoms with Crippen LogP contribution >= 0.6 is 0 Å². The molecule has 0 saturated heterocycles. The number of pyridine rings is 1. The van der Waals surface area contributed by atoms with Gasteiger partial charge in [0.1, 0.15) is 5.75 Å². The molecule has 0 bridgehead atoms. The van der Waals surface area contributed by atoms with Gasteiger partial charge in [0.05, 0.1) is 37.4 Å². The Labute approximate surface area is 152 Å². The highest BCUT2D eigenvalue weighted by Gasteiger charge is 2.51. The minimum atomic E-state index is -0.376. The van der Waals surface area contributed by atoms with Gasteiger partial charge >= 0.3 is 0 Å². The molecule has 2 fully saturated rings. The van der Waals surface area contributed by atoms with Gasteiger partial charge in [0.15, 0.2) is 0 Å². The molecule has 1 atom stereocenters. The van der Waals surface area contributed by atoms with Crippen LogP contribution in [0.3, 0.4) is 0 Å². The number of rotatable bonds is 7. The maximum Gasteiger partial charge on any atom is 0.228 e. The number of aliphatic hydroxyl groups excluding tert-OH is 1. The van der Waals surface area contributed by atoms with Crippen LogP contribution < -0.4 is 10.1 Å². The van der Waals surface area contributed by atoms with Crippen LogP contribution in [0.15, 0.2) is 36.9 Å². The zero-order valence-corrected chi connectivity index (χ0v) is 14.8. The SMILES string of the molecule is COc1cncc([C@H](NC(=O)C2(Cn3cccn3)CC2)C2CC(O)C2)c1. The molecule has 2 aliphatic carbocycles. The van der Waals surface area contributed by atoms with Crippen molar-refractivity contribution in [2.75, 3.05) is 7.11 Å². The molecule has 2 aliphatic rings. The Bertz CT molecular complexity index is 767. The van der Waals surface area contributed by atoms with E-state index >= 15 is 0 Å². The van der Waals surface area contributed by atoms with E-state index in [1.54, 1.807) is 25.7 Å². The molecule has 138 valence electrons. The Morgan fingerprint density at radius 3 is 2.88 bits per heavy atom. The van der Waals surface area contributed by atoms with Crippen molar-refractivity contribution in [1.29, 1.82) is 0 Å². The first kappa shape index (κ1) is 17.0. The van der Waals surface area contributed by atoms with Crippen molar-refractivity contribution in [2.24, 2.45) is 11.3 Å². The smallest absolute Gasteiger partial charge is 0.228 e. The number of aliphatic hydroxyl groups is 1. The fraction of sp³-hybridized carbons (Fsp3) is 0.526. The first-order valence-corrected chi connectivity index (χ1v) is 9.05. The number of carbonyl (C=O) groups is 1. The Balaban J connectivity index is 1.52. The van der Waals surface area contributed by atoms with Gasteiger partial charge in [-0.3, -0.25) is 14.5 Å². The number of nitrogens with zero attached hydrogens (tertiary/aromatic N) is 3. The van der Waals surface area contributed by atoms with E-state index in [9.17, 15) is 9.90 Å². The molecule has 0 spiro atoms. The van der Waals surface area contributed by atoms with Crippen molar-refractivity contribution >= 4 is 5.91 Å². The minimum Gasteiger partial charge on any atom is -0.495 e. The Kier molecular flexibility index (Phi) is 4.40. The maximum atomic E-state index is 13.1. The summed E-state index contributed by atoms with van der Waals surface area (Å²) in [6, 6.07) is 3.62. The molecule has 2 aromatic heterocycles. The Hall–Kier alpha value is -2.41. The molecule has 1 amide bonds. The number of hydrogen-bond donors (Lipinski definition) is 2. The van der Waals surface area contributed by atoms with Crippen LogP contribution in [0.1, 0.15) is 37.3 Å². The normalized spacial score (nSPS) is 24.4. The van der Waals surface area contributed by atoms with Gasteiger partial charge in [-0.25, -0.2) is 0 Å². The summed E-state index contributed by atoms with van der Waals surface area (Å²) in [5.74, 6) is 0.935. The molecule has 4 rings (SSSR count). The predicted octanol–water partition coefficient (Wildman–Crippen LogP) is 1.70. The zero-order chi connectivity index (χ0) is 18.1. The second-order valence-electron chi connectivity index (χ2n) is 7.48. The van der Waals surface area contributed by atoms with Crippen LogP contribution in [0.2, 0.25) is 0 Å². The van der Waals surface area contributed by atoms with Crippen LogP contribution in [0.5, 0.6) is 5.75 Å². The lowest BCUT2D eigenvalue weighted by Crippen LogP contribution is -2.44. The molecule has 2 N–H and O–H groups in total. The number of aromatic nitrogens is 3. The van der Waals surface area contributed by atoms with Crippen molar-refractivity contribution in [3.05, 3.63) is 42.5 Å². The topological polar surface area (TPSA) is 89.3 Å². The predicted molar refractivity (Wildman–Crippen MR) is 94.3 cm³/mol. The Morgan fingerprint density at radius 1 is 1.46 bits per heavy atom. The van der Waals surface area contributed by atoms with E-state index < -0.39 is 0 Å². The monoisotopic (exact) mass is 356 g/mol. The second-order valence-corrected chi connectivity index (χ2v) is 7.48. The van der Waals surface area contributed by atoms with E-state index in [4.69, 9.17) is 4.74 Å². The first-order valence-electron chi connectivity index (χ1n) is 9.05. The highest BCUT2D eigenvalue weighted by Crippen LogP contribution is 2.48. The zero-order valence-electron chi connectivity index (χ0n) is 14.8. The Morgan fingerprint density at radius 2 is 2.27 bits per heavy atom. The number of carbonyl (C=O) groups excluding carboxylic acids is 1. The van der Waals surface area contributed by atoms with Gasteiger partial charge in [-0.1, -0.05) is 0 Å². The number of nitrogens with one attached hydrogen (secondary N) is 1. The van der Waals surface area contributed by atoms with Crippen LogP contribution in [0.25, 0.3) is 0 Å². The third kappa shape index (κ3) is 3.31. The first-order chi connectivity index (χ1) is 12.6. The standard InChI is InChI=1S/C19H24N4O3/c1-26-16-9-14(10-20-11-16)17(13-7-15(24)8-13)22-18(25)19(3-4-19)12-23-6-2-5-21-23/h2,5-6,9-11,13,15,17,24H,3-4,7-8,12H2,1H3,(H,22,25)/t13?,15?,17-/m1/s1. The summed E-state index contributed by atoms with van der Waals surface area (Å²) >= 11 is 0. The lowest BCUT2D eigenvalue weighted by atomic mass is 9.75. The number of hydrogen-bond acceptors (Lipinski definition) is 5. The lowest BCUT2D eigenvalue weighted by molar-refractivity contribution is -0.129. The van der Waals surface area contributed by atoms with E-state index in [0.717, 1.165) is 18.4 Å². The molecule has 2 heterocycles. The molecule has 7 nitrogen and oxygen atoms in total. The van der Waals surface area contributed by atoms with E-state index in [2.05, 4.69) is 15.4 Å². The largest absolute Gasteiger partial charge is 0.495 e. The van der Waals surface area contributed by atoms with Gasteiger partial charge in [-0.2, -0.15) is 5.10 Å².